The van der Waals surface area contributed by atoms with Crippen molar-refractivity contribution in [1.29, 1.82) is 0 Å². The first-order valence-corrected chi connectivity index (χ1v) is 5.21. The molecule has 1 aromatic rings. The third kappa shape index (κ3) is 1.60. The van der Waals surface area contributed by atoms with Crippen LogP contribution >= 0.6 is 15.9 Å². The summed E-state index contributed by atoms with van der Waals surface area (Å²) in [4.78, 5) is 2.02. The van der Waals surface area contributed by atoms with Crippen molar-refractivity contribution < 1.29 is 5.02 Å². The molecule has 0 atom stereocenters. The largest absolute Gasteiger partial charge is 0.432 e. The number of halogens is 1. The molecule has 1 N–H and O–H groups in total. The van der Waals surface area contributed by atoms with Crippen molar-refractivity contribution in [3.63, 3.8) is 0 Å². The maximum absolute atomic E-state index is 9.48. The van der Waals surface area contributed by atoms with Crippen LogP contribution in [0.25, 0.3) is 0 Å². The van der Waals surface area contributed by atoms with Crippen molar-refractivity contribution >= 4 is 28.7 Å². The first-order chi connectivity index (χ1) is 6.18. The average Bonchev–Trinajstić information content (AvgIpc) is 2.46. The Morgan fingerprint density at radius 3 is 3.00 bits per heavy atom. The highest BCUT2D eigenvalue weighted by molar-refractivity contribution is 9.10. The molecule has 2 rings (SSSR count). The van der Waals surface area contributed by atoms with Gasteiger partial charge in [0.25, 0.3) is 0 Å². The molecule has 0 aromatic heterocycles. The van der Waals surface area contributed by atoms with E-state index in [9.17, 15) is 5.02 Å². The van der Waals surface area contributed by atoms with Crippen molar-refractivity contribution in [2.45, 2.75) is 13.2 Å². The van der Waals surface area contributed by atoms with E-state index in [4.69, 9.17) is 0 Å². The Balaban J connectivity index is 2.38. The van der Waals surface area contributed by atoms with Gasteiger partial charge in [-0.1, -0.05) is 15.9 Å². The van der Waals surface area contributed by atoms with Gasteiger partial charge < -0.3 is 9.83 Å². The standard InChI is InChI=1S/C9H11BBrNO/c1-10(13)12-5-4-7-6-8(11)2-3-9(7)12/h2-3,6,13H,4-5H2,1H3. The van der Waals surface area contributed by atoms with Gasteiger partial charge in [-0.3, -0.25) is 0 Å². The second kappa shape index (κ2) is 3.35. The van der Waals surface area contributed by atoms with Gasteiger partial charge in [0, 0.05) is 16.7 Å². The van der Waals surface area contributed by atoms with E-state index in [-0.39, 0.29) is 7.05 Å². The van der Waals surface area contributed by atoms with Gasteiger partial charge in [-0.25, -0.2) is 0 Å². The van der Waals surface area contributed by atoms with Crippen molar-refractivity contribution in [2.24, 2.45) is 0 Å². The Morgan fingerprint density at radius 2 is 2.31 bits per heavy atom. The molecule has 1 aliphatic heterocycles. The van der Waals surface area contributed by atoms with Crippen LogP contribution in [0.4, 0.5) is 5.69 Å². The normalized spacial score (nSPS) is 14.5. The van der Waals surface area contributed by atoms with Crippen LogP contribution in [0.5, 0.6) is 0 Å². The monoisotopic (exact) mass is 239 g/mol. The van der Waals surface area contributed by atoms with Gasteiger partial charge in [0.2, 0.25) is 0 Å². The Kier molecular flexibility index (Phi) is 2.34. The highest BCUT2D eigenvalue weighted by Crippen LogP contribution is 2.30. The van der Waals surface area contributed by atoms with E-state index in [0.717, 1.165) is 17.4 Å². The predicted molar refractivity (Wildman–Crippen MR) is 59.0 cm³/mol. The molecule has 2 nitrogen and oxygen atoms in total. The molecule has 68 valence electrons. The topological polar surface area (TPSA) is 23.5 Å². The third-order valence-electron chi connectivity index (χ3n) is 2.42. The molecular weight excluding hydrogens is 229 g/mol. The summed E-state index contributed by atoms with van der Waals surface area (Å²) in [5.41, 5.74) is 2.48. The van der Waals surface area contributed by atoms with Crippen molar-refractivity contribution in [3.05, 3.63) is 28.2 Å². The van der Waals surface area contributed by atoms with Gasteiger partial charge in [-0.15, -0.1) is 0 Å². The fourth-order valence-corrected chi connectivity index (χ4v) is 2.19. The highest BCUT2D eigenvalue weighted by atomic mass is 79.9. The lowest BCUT2D eigenvalue weighted by molar-refractivity contribution is 0.572. The maximum atomic E-state index is 9.48. The van der Waals surface area contributed by atoms with Crippen molar-refractivity contribution in [1.82, 2.24) is 0 Å². The Bertz CT molecular complexity index is 329. The van der Waals surface area contributed by atoms with Gasteiger partial charge in [0.15, 0.2) is 0 Å². The second-order valence-corrected chi connectivity index (χ2v) is 4.26. The summed E-state index contributed by atoms with van der Waals surface area (Å²) < 4.78 is 1.11. The molecule has 0 fully saturated rings. The number of fused-ring (bicyclic) bond motifs is 1. The molecule has 0 saturated heterocycles. The van der Waals surface area contributed by atoms with E-state index in [1.165, 1.54) is 11.3 Å². The van der Waals surface area contributed by atoms with Crippen LogP contribution in [-0.2, 0) is 6.42 Å². The van der Waals surface area contributed by atoms with Crippen LogP contribution in [0.15, 0.2) is 22.7 Å². The zero-order chi connectivity index (χ0) is 9.42. The summed E-state index contributed by atoms with van der Waals surface area (Å²) in [6.07, 6.45) is 1.03. The van der Waals surface area contributed by atoms with Crippen LogP contribution < -0.4 is 4.81 Å². The van der Waals surface area contributed by atoms with E-state index in [1.807, 2.05) is 10.9 Å². The van der Waals surface area contributed by atoms with Crippen LogP contribution in [0.3, 0.4) is 0 Å². The minimum Gasteiger partial charge on any atom is -0.432 e. The lowest BCUT2D eigenvalue weighted by atomic mass is 9.85. The molecule has 0 amide bonds. The minimum absolute atomic E-state index is 0.387. The molecule has 1 heterocycles. The fourth-order valence-electron chi connectivity index (χ4n) is 1.78. The Hall–Kier alpha value is -0.475. The van der Waals surface area contributed by atoms with Gasteiger partial charge in [0.05, 0.1) is 0 Å². The zero-order valence-electron chi connectivity index (χ0n) is 7.50. The summed E-state index contributed by atoms with van der Waals surface area (Å²) in [7, 11) is -0.387. The van der Waals surface area contributed by atoms with Crippen LogP contribution in [0, 0.1) is 0 Å². The maximum Gasteiger partial charge on any atom is 0.409 e. The van der Waals surface area contributed by atoms with E-state index in [1.54, 1.807) is 6.82 Å². The minimum atomic E-state index is -0.387. The number of anilines is 1. The Labute approximate surface area is 86.8 Å². The second-order valence-electron chi connectivity index (χ2n) is 3.35. The molecule has 4 heteroatoms. The lowest BCUT2D eigenvalue weighted by Gasteiger charge is -2.19. The van der Waals surface area contributed by atoms with Crippen LogP contribution in [0.2, 0.25) is 6.82 Å². The van der Waals surface area contributed by atoms with Gasteiger partial charge in [-0.2, -0.15) is 0 Å². The van der Waals surface area contributed by atoms with E-state index in [0.29, 0.717) is 0 Å². The number of hydrogen-bond acceptors (Lipinski definition) is 2. The summed E-state index contributed by atoms with van der Waals surface area (Å²) in [5, 5.41) is 9.48. The molecule has 13 heavy (non-hydrogen) atoms. The molecule has 0 aliphatic carbocycles. The van der Waals surface area contributed by atoms with E-state index in [2.05, 4.69) is 28.1 Å². The molecule has 0 saturated carbocycles. The molecular formula is C9H11BBrNO. The molecule has 0 radical (unpaired) electrons. The van der Waals surface area contributed by atoms with E-state index < -0.39 is 0 Å². The smallest absolute Gasteiger partial charge is 0.409 e. The average molecular weight is 240 g/mol. The molecule has 0 unspecified atom stereocenters. The van der Waals surface area contributed by atoms with Crippen LogP contribution in [0.1, 0.15) is 5.56 Å². The van der Waals surface area contributed by atoms with Gasteiger partial charge in [0.1, 0.15) is 0 Å². The van der Waals surface area contributed by atoms with Crippen molar-refractivity contribution in [2.75, 3.05) is 11.4 Å². The number of nitrogens with zero attached hydrogens (tertiary/aromatic N) is 1. The number of benzene rings is 1. The number of rotatable bonds is 1. The summed E-state index contributed by atoms with van der Waals surface area (Å²) in [6, 6.07) is 6.19. The summed E-state index contributed by atoms with van der Waals surface area (Å²) in [5.74, 6) is 0. The summed E-state index contributed by atoms with van der Waals surface area (Å²) in [6.45, 7) is 2.72. The molecule has 0 bridgehead atoms. The summed E-state index contributed by atoms with van der Waals surface area (Å²) >= 11 is 3.44. The molecule has 1 aliphatic rings. The third-order valence-corrected chi connectivity index (χ3v) is 2.92. The Morgan fingerprint density at radius 1 is 1.54 bits per heavy atom. The number of hydrogen-bond donors (Lipinski definition) is 1. The first kappa shape index (κ1) is 9.09. The fraction of sp³-hybridized carbons (Fsp3) is 0.333. The quantitative estimate of drug-likeness (QED) is 0.758. The van der Waals surface area contributed by atoms with Gasteiger partial charge >= 0.3 is 7.05 Å². The predicted octanol–water partition coefficient (Wildman–Crippen LogP) is 1.92. The van der Waals surface area contributed by atoms with Gasteiger partial charge in [-0.05, 0) is 37.0 Å². The lowest BCUT2D eigenvalue weighted by Crippen LogP contribution is -2.35. The molecule has 0 spiro atoms. The SMILES string of the molecule is CB(O)N1CCc2cc(Br)ccc21. The first-order valence-electron chi connectivity index (χ1n) is 4.41. The zero-order valence-corrected chi connectivity index (χ0v) is 9.08. The highest BCUT2D eigenvalue weighted by Gasteiger charge is 2.24. The van der Waals surface area contributed by atoms with Crippen LogP contribution in [-0.4, -0.2) is 18.6 Å². The molecule has 1 aromatic carbocycles. The van der Waals surface area contributed by atoms with E-state index >= 15 is 0 Å². The van der Waals surface area contributed by atoms with Crippen molar-refractivity contribution in [3.8, 4) is 0 Å².